The van der Waals surface area contributed by atoms with Crippen LogP contribution in [0.3, 0.4) is 0 Å². The highest BCUT2D eigenvalue weighted by atomic mass is 19.1. The molecule has 74 valence electrons. The van der Waals surface area contributed by atoms with Crippen LogP contribution in [0.1, 0.15) is 13.9 Å². The SMILES string of the molecule is CCc1cccc(F)c1-c1nn[nH]n1.[HH]. The molecule has 1 aromatic carbocycles. The summed E-state index contributed by atoms with van der Waals surface area (Å²) < 4.78 is 13.5. The lowest BCUT2D eigenvalue weighted by atomic mass is 10.0. The molecule has 1 N–H and O–H groups in total. The van der Waals surface area contributed by atoms with Gasteiger partial charge < -0.3 is 0 Å². The minimum Gasteiger partial charge on any atom is -0.206 e. The summed E-state index contributed by atoms with van der Waals surface area (Å²) in [6.45, 7) is 1.96. The molecule has 2 aromatic rings. The minimum absolute atomic E-state index is 0. The number of nitrogens with zero attached hydrogens (tertiary/aromatic N) is 3. The molecule has 0 unspecified atom stereocenters. The van der Waals surface area contributed by atoms with Gasteiger partial charge in [0.2, 0.25) is 5.82 Å². The fraction of sp³-hybridized carbons (Fsp3) is 0.222. The molecule has 0 aliphatic rings. The first kappa shape index (κ1) is 8.80. The van der Waals surface area contributed by atoms with Gasteiger partial charge in [0.25, 0.3) is 0 Å². The first-order chi connectivity index (χ1) is 6.83. The molecule has 14 heavy (non-hydrogen) atoms. The van der Waals surface area contributed by atoms with Crippen LogP contribution >= 0.6 is 0 Å². The number of nitrogens with one attached hydrogen (secondary N) is 1. The Hall–Kier alpha value is -1.78. The number of tetrazole rings is 1. The number of halogens is 1. The van der Waals surface area contributed by atoms with E-state index < -0.39 is 0 Å². The summed E-state index contributed by atoms with van der Waals surface area (Å²) in [5.74, 6) is -0.00861. The molecule has 0 saturated heterocycles. The zero-order valence-electron chi connectivity index (χ0n) is 7.66. The van der Waals surface area contributed by atoms with E-state index in [9.17, 15) is 4.39 Å². The molecule has 2 rings (SSSR count). The number of hydrogen-bond acceptors (Lipinski definition) is 3. The topological polar surface area (TPSA) is 54.5 Å². The maximum absolute atomic E-state index is 13.5. The van der Waals surface area contributed by atoms with Gasteiger partial charge in [-0.2, -0.15) is 5.21 Å². The number of rotatable bonds is 2. The summed E-state index contributed by atoms with van der Waals surface area (Å²) in [6, 6.07) is 4.93. The van der Waals surface area contributed by atoms with Crippen molar-refractivity contribution in [2.45, 2.75) is 13.3 Å². The maximum Gasteiger partial charge on any atom is 0.207 e. The Balaban J connectivity index is 0.00000112. The molecule has 4 nitrogen and oxygen atoms in total. The molecule has 0 saturated carbocycles. The third kappa shape index (κ3) is 1.37. The molecule has 1 aromatic heterocycles. The standard InChI is InChI=1S/C9H9FN4.H2/c1-2-6-4-3-5-7(10)8(6)9-11-13-14-12-9;/h3-5H,2H2,1H3,(H,11,12,13,14);1H. The second-order valence-corrected chi connectivity index (χ2v) is 2.86. The lowest BCUT2D eigenvalue weighted by Crippen LogP contribution is -1.93. The van der Waals surface area contributed by atoms with Gasteiger partial charge in [-0.05, 0) is 23.3 Å². The van der Waals surface area contributed by atoms with Gasteiger partial charge in [0, 0.05) is 1.43 Å². The van der Waals surface area contributed by atoms with Crippen molar-refractivity contribution < 1.29 is 5.82 Å². The second-order valence-electron chi connectivity index (χ2n) is 2.86. The van der Waals surface area contributed by atoms with Crippen LogP contribution in [0, 0.1) is 5.82 Å². The number of aromatic amines is 1. The fourth-order valence-electron chi connectivity index (χ4n) is 1.38. The van der Waals surface area contributed by atoms with E-state index in [4.69, 9.17) is 0 Å². The van der Waals surface area contributed by atoms with Crippen molar-refractivity contribution in [1.82, 2.24) is 20.6 Å². The van der Waals surface area contributed by atoms with Crippen LogP contribution in [0.25, 0.3) is 11.4 Å². The second kappa shape index (κ2) is 3.53. The minimum atomic E-state index is -0.314. The molecule has 0 atom stereocenters. The number of aromatic nitrogens is 4. The Bertz CT molecular complexity index is 430. The van der Waals surface area contributed by atoms with Gasteiger partial charge in [-0.3, -0.25) is 0 Å². The maximum atomic E-state index is 13.5. The summed E-state index contributed by atoms with van der Waals surface area (Å²) in [7, 11) is 0. The molecule has 0 fully saturated rings. The molecule has 5 heteroatoms. The fourth-order valence-corrected chi connectivity index (χ4v) is 1.38. The van der Waals surface area contributed by atoms with Crippen LogP contribution < -0.4 is 0 Å². The van der Waals surface area contributed by atoms with Crippen LogP contribution in [0.15, 0.2) is 18.2 Å². The number of hydrogen-bond donors (Lipinski definition) is 1. The molecule has 0 aliphatic heterocycles. The van der Waals surface area contributed by atoms with Crippen molar-refractivity contribution in [3.05, 3.63) is 29.6 Å². The third-order valence-corrected chi connectivity index (χ3v) is 2.05. The van der Waals surface area contributed by atoms with Crippen molar-refractivity contribution >= 4 is 0 Å². The van der Waals surface area contributed by atoms with E-state index >= 15 is 0 Å². The van der Waals surface area contributed by atoms with Crippen molar-refractivity contribution in [3.8, 4) is 11.4 Å². The highest BCUT2D eigenvalue weighted by Gasteiger charge is 2.12. The summed E-state index contributed by atoms with van der Waals surface area (Å²) >= 11 is 0. The highest BCUT2D eigenvalue weighted by Crippen LogP contribution is 2.23. The highest BCUT2D eigenvalue weighted by molar-refractivity contribution is 5.60. The number of benzene rings is 1. The quantitative estimate of drug-likeness (QED) is 0.793. The van der Waals surface area contributed by atoms with E-state index in [1.165, 1.54) is 6.07 Å². The molecule has 0 bridgehead atoms. The summed E-state index contributed by atoms with van der Waals surface area (Å²) in [5, 5.41) is 13.3. The zero-order valence-corrected chi connectivity index (χ0v) is 7.66. The average Bonchev–Trinajstić information content (AvgIpc) is 2.70. The molecule has 0 amide bonds. The van der Waals surface area contributed by atoms with Gasteiger partial charge in [-0.1, -0.05) is 19.1 Å². The third-order valence-electron chi connectivity index (χ3n) is 2.05. The lowest BCUT2D eigenvalue weighted by Gasteiger charge is -2.03. The Kier molecular flexibility index (Phi) is 2.22. The summed E-state index contributed by atoms with van der Waals surface area (Å²) in [4.78, 5) is 0. The smallest absolute Gasteiger partial charge is 0.206 e. The van der Waals surface area contributed by atoms with Gasteiger partial charge in [0.15, 0.2) is 0 Å². The van der Waals surface area contributed by atoms with E-state index in [1.54, 1.807) is 6.07 Å². The van der Waals surface area contributed by atoms with Crippen LogP contribution in [0.4, 0.5) is 4.39 Å². The monoisotopic (exact) mass is 194 g/mol. The molecule has 0 aliphatic carbocycles. The molecule has 1 heterocycles. The molecule has 0 radical (unpaired) electrons. The predicted molar refractivity (Wildman–Crippen MR) is 51.1 cm³/mol. The Morgan fingerprint density at radius 1 is 1.50 bits per heavy atom. The largest absolute Gasteiger partial charge is 0.207 e. The van der Waals surface area contributed by atoms with E-state index in [-0.39, 0.29) is 7.24 Å². The van der Waals surface area contributed by atoms with Gasteiger partial charge in [0.1, 0.15) is 5.82 Å². The Morgan fingerprint density at radius 2 is 2.36 bits per heavy atom. The number of aryl methyl sites for hydroxylation is 1. The van der Waals surface area contributed by atoms with Gasteiger partial charge in [0.05, 0.1) is 5.56 Å². The van der Waals surface area contributed by atoms with E-state index in [1.807, 2.05) is 13.0 Å². The van der Waals surface area contributed by atoms with E-state index in [2.05, 4.69) is 20.6 Å². The van der Waals surface area contributed by atoms with Crippen molar-refractivity contribution in [1.29, 1.82) is 0 Å². The Morgan fingerprint density at radius 3 is 3.00 bits per heavy atom. The molecular weight excluding hydrogens is 183 g/mol. The van der Waals surface area contributed by atoms with Gasteiger partial charge in [-0.15, -0.1) is 10.2 Å². The van der Waals surface area contributed by atoms with Crippen molar-refractivity contribution in [2.75, 3.05) is 0 Å². The zero-order chi connectivity index (χ0) is 9.97. The van der Waals surface area contributed by atoms with E-state index in [0.717, 1.165) is 12.0 Å². The van der Waals surface area contributed by atoms with Crippen LogP contribution in [0.5, 0.6) is 0 Å². The van der Waals surface area contributed by atoms with E-state index in [0.29, 0.717) is 11.4 Å². The molecule has 0 spiro atoms. The first-order valence-corrected chi connectivity index (χ1v) is 4.34. The Labute approximate surface area is 81.6 Å². The average molecular weight is 194 g/mol. The first-order valence-electron chi connectivity index (χ1n) is 4.34. The summed E-state index contributed by atoms with van der Waals surface area (Å²) in [5.41, 5.74) is 1.31. The normalized spacial score (nSPS) is 10.4. The van der Waals surface area contributed by atoms with Crippen LogP contribution in [-0.4, -0.2) is 20.6 Å². The van der Waals surface area contributed by atoms with Crippen molar-refractivity contribution in [3.63, 3.8) is 0 Å². The van der Waals surface area contributed by atoms with Crippen molar-refractivity contribution in [2.24, 2.45) is 0 Å². The lowest BCUT2D eigenvalue weighted by molar-refractivity contribution is 0.628. The number of H-pyrrole nitrogens is 1. The van der Waals surface area contributed by atoms with Gasteiger partial charge >= 0.3 is 0 Å². The summed E-state index contributed by atoms with van der Waals surface area (Å²) in [6.07, 6.45) is 0.738. The molecular formula is C9H11FN4. The van der Waals surface area contributed by atoms with Gasteiger partial charge in [-0.25, -0.2) is 4.39 Å². The van der Waals surface area contributed by atoms with Crippen LogP contribution in [0.2, 0.25) is 0 Å². The van der Waals surface area contributed by atoms with Crippen LogP contribution in [-0.2, 0) is 6.42 Å². The predicted octanol–water partition coefficient (Wildman–Crippen LogP) is 1.81.